The maximum absolute atomic E-state index is 12.2. The second kappa shape index (κ2) is 8.27. The lowest BCUT2D eigenvalue weighted by molar-refractivity contribution is 0.0824. The highest BCUT2D eigenvalue weighted by Crippen LogP contribution is 2.35. The number of phenolic OH excluding ortho intramolecular Hbond substituents is 1. The summed E-state index contributed by atoms with van der Waals surface area (Å²) in [5, 5.41) is 16.7. The van der Waals surface area contributed by atoms with Gasteiger partial charge in [0, 0.05) is 20.1 Å². The van der Waals surface area contributed by atoms with Crippen LogP contribution in [0.4, 0.5) is 17.1 Å². The minimum absolute atomic E-state index is 0.125. The minimum Gasteiger partial charge on any atom is -0.505 e. The summed E-state index contributed by atoms with van der Waals surface area (Å²) in [6, 6.07) is 4.84. The molecule has 0 bridgehead atoms. The fourth-order valence-electron chi connectivity index (χ4n) is 4.16. The van der Waals surface area contributed by atoms with Gasteiger partial charge in [-0.15, -0.1) is 0 Å². The first-order chi connectivity index (χ1) is 13.7. The van der Waals surface area contributed by atoms with E-state index < -0.39 is 10.9 Å². The topological polar surface area (TPSA) is 98.7 Å². The van der Waals surface area contributed by atoms with Gasteiger partial charge in [-0.25, -0.2) is 0 Å². The van der Waals surface area contributed by atoms with Crippen LogP contribution in [0.1, 0.15) is 49.9 Å². The van der Waals surface area contributed by atoms with E-state index in [9.17, 15) is 19.5 Å². The summed E-state index contributed by atoms with van der Waals surface area (Å²) in [6.07, 6.45) is 4.33. The number of amides is 1. The molecule has 29 heavy (non-hydrogen) atoms. The highest BCUT2D eigenvalue weighted by molar-refractivity contribution is 5.99. The van der Waals surface area contributed by atoms with Crippen molar-refractivity contribution in [2.24, 2.45) is 11.8 Å². The van der Waals surface area contributed by atoms with Crippen LogP contribution < -0.4 is 21.5 Å². The molecule has 2 aromatic carbocycles. The number of carbonyl (C=O) groups excluding carboxylic acids is 1. The molecule has 1 fully saturated rings. The first-order valence-corrected chi connectivity index (χ1v) is 10.1. The molecule has 3 rings (SSSR count). The quantitative estimate of drug-likeness (QED) is 0.510. The lowest BCUT2D eigenvalue weighted by Gasteiger charge is -2.36. The summed E-state index contributed by atoms with van der Waals surface area (Å²) >= 11 is 0. The Labute approximate surface area is 170 Å². The van der Waals surface area contributed by atoms with Crippen LogP contribution >= 0.6 is 0 Å². The zero-order valence-corrected chi connectivity index (χ0v) is 17.4. The molecule has 1 aliphatic rings. The fraction of sp³-hybridized carbons (Fsp3) is 0.500. The molecule has 3 N–H and O–H groups in total. The highest BCUT2D eigenvalue weighted by atomic mass is 16.3. The lowest BCUT2D eigenvalue weighted by atomic mass is 9.77. The monoisotopic (exact) mass is 399 g/mol. The highest BCUT2D eigenvalue weighted by Gasteiger charge is 2.31. The van der Waals surface area contributed by atoms with Crippen molar-refractivity contribution in [2.75, 3.05) is 24.7 Å². The van der Waals surface area contributed by atoms with Crippen molar-refractivity contribution in [3.8, 4) is 5.75 Å². The van der Waals surface area contributed by atoms with Crippen molar-refractivity contribution in [3.05, 3.63) is 44.2 Å². The van der Waals surface area contributed by atoms with Crippen molar-refractivity contribution >= 4 is 23.0 Å². The minimum atomic E-state index is -0.617. The molecule has 1 saturated carbocycles. The zero-order chi connectivity index (χ0) is 21.3. The number of anilines is 3. The molecule has 0 aromatic heterocycles. The zero-order valence-electron chi connectivity index (χ0n) is 17.4. The van der Waals surface area contributed by atoms with Crippen LogP contribution in [0.2, 0.25) is 0 Å². The molecule has 7 nitrogen and oxygen atoms in total. The third-order valence-corrected chi connectivity index (χ3v) is 5.85. The van der Waals surface area contributed by atoms with E-state index in [0.717, 1.165) is 19.3 Å². The van der Waals surface area contributed by atoms with Gasteiger partial charge in [-0.3, -0.25) is 14.4 Å². The Morgan fingerprint density at radius 3 is 2.41 bits per heavy atom. The number of hydrogen-bond donors (Lipinski definition) is 3. The summed E-state index contributed by atoms with van der Waals surface area (Å²) < 4.78 is 0. The molecule has 0 heterocycles. The van der Waals surface area contributed by atoms with Gasteiger partial charge in [0.1, 0.15) is 11.4 Å². The van der Waals surface area contributed by atoms with Crippen molar-refractivity contribution < 1.29 is 9.90 Å². The summed E-state index contributed by atoms with van der Waals surface area (Å²) in [6.45, 7) is 4.36. The molecule has 0 unspecified atom stereocenters. The van der Waals surface area contributed by atoms with E-state index in [1.807, 2.05) is 0 Å². The molecule has 156 valence electrons. The number of hydrogen-bond acceptors (Lipinski definition) is 6. The Bertz CT molecular complexity index is 973. The van der Waals surface area contributed by atoms with Crippen LogP contribution in [0.5, 0.6) is 5.75 Å². The fourth-order valence-corrected chi connectivity index (χ4v) is 4.16. The normalized spacial score (nSPS) is 19.3. The van der Waals surface area contributed by atoms with Gasteiger partial charge >= 0.3 is 0 Å². The van der Waals surface area contributed by atoms with Gasteiger partial charge in [0.05, 0.1) is 11.3 Å². The van der Waals surface area contributed by atoms with Crippen LogP contribution in [-0.4, -0.2) is 36.1 Å². The van der Waals surface area contributed by atoms with Crippen LogP contribution in [0.25, 0.3) is 0 Å². The van der Waals surface area contributed by atoms with Crippen molar-refractivity contribution in [1.82, 2.24) is 4.90 Å². The van der Waals surface area contributed by atoms with E-state index >= 15 is 0 Å². The SMILES string of the molecule is CC(C)[C@@H]1CCCC[C@H]1Nc1c(Nc2cccc(C(=O)N(C)C)c2O)c(=O)c1=O. The Morgan fingerprint density at radius 2 is 1.76 bits per heavy atom. The largest absolute Gasteiger partial charge is 0.505 e. The summed E-state index contributed by atoms with van der Waals surface area (Å²) in [5.74, 6) is 0.323. The number of aromatic hydroxyl groups is 1. The molecule has 0 aliphatic heterocycles. The van der Waals surface area contributed by atoms with Gasteiger partial charge in [0.25, 0.3) is 16.8 Å². The average molecular weight is 399 g/mol. The van der Waals surface area contributed by atoms with E-state index in [1.165, 1.54) is 17.4 Å². The van der Waals surface area contributed by atoms with E-state index in [-0.39, 0.29) is 40.3 Å². The third-order valence-electron chi connectivity index (χ3n) is 5.85. The summed E-state index contributed by atoms with van der Waals surface area (Å²) in [5.41, 5.74) is -0.393. The number of nitrogens with zero attached hydrogens (tertiary/aromatic N) is 1. The number of rotatable bonds is 6. The Balaban J connectivity index is 1.87. The van der Waals surface area contributed by atoms with E-state index in [1.54, 1.807) is 26.2 Å². The summed E-state index contributed by atoms with van der Waals surface area (Å²) in [4.78, 5) is 38.0. The van der Waals surface area contributed by atoms with Crippen LogP contribution in [-0.2, 0) is 0 Å². The second-order valence-corrected chi connectivity index (χ2v) is 8.38. The number of carbonyl (C=O) groups is 1. The predicted molar refractivity (Wildman–Crippen MR) is 115 cm³/mol. The Kier molecular flexibility index (Phi) is 5.96. The van der Waals surface area contributed by atoms with Crippen LogP contribution in [0.15, 0.2) is 27.8 Å². The molecular weight excluding hydrogens is 370 g/mol. The number of nitrogens with one attached hydrogen (secondary N) is 2. The van der Waals surface area contributed by atoms with Crippen molar-refractivity contribution in [3.63, 3.8) is 0 Å². The number of phenols is 1. The first-order valence-electron chi connectivity index (χ1n) is 10.1. The van der Waals surface area contributed by atoms with Crippen molar-refractivity contribution in [1.29, 1.82) is 0 Å². The van der Waals surface area contributed by atoms with Gasteiger partial charge in [-0.2, -0.15) is 0 Å². The van der Waals surface area contributed by atoms with E-state index in [4.69, 9.17) is 0 Å². The van der Waals surface area contributed by atoms with E-state index in [2.05, 4.69) is 24.5 Å². The molecule has 0 saturated heterocycles. The molecule has 2 atom stereocenters. The standard InChI is InChI=1S/C22H29N3O4/c1-12(2)13-8-5-6-10-15(13)23-17-18(21(28)20(17)27)24-16-11-7-9-14(19(16)26)22(29)25(3)4/h7,9,11-13,15,23-24,26H,5-6,8,10H2,1-4H3/t13-,15+/m0/s1. The van der Waals surface area contributed by atoms with E-state index in [0.29, 0.717) is 11.8 Å². The smallest absolute Gasteiger partial charge is 0.257 e. The molecular formula is C22H29N3O4. The maximum Gasteiger partial charge on any atom is 0.257 e. The molecule has 1 aliphatic carbocycles. The number of para-hydroxylation sites is 1. The Morgan fingerprint density at radius 1 is 1.10 bits per heavy atom. The maximum atomic E-state index is 12.2. The van der Waals surface area contributed by atoms with Crippen molar-refractivity contribution in [2.45, 2.75) is 45.6 Å². The number of benzene rings is 1. The lowest BCUT2D eigenvalue weighted by Crippen LogP contribution is -2.43. The predicted octanol–water partition coefficient (Wildman–Crippen LogP) is 3.06. The van der Waals surface area contributed by atoms with Crippen LogP contribution in [0, 0.1) is 11.8 Å². The van der Waals surface area contributed by atoms with Gasteiger partial charge in [-0.1, -0.05) is 32.8 Å². The third kappa shape index (κ3) is 3.99. The van der Waals surface area contributed by atoms with Gasteiger partial charge in [0.2, 0.25) is 0 Å². The molecule has 7 heteroatoms. The average Bonchev–Trinajstić information content (AvgIpc) is 2.70. The molecule has 1 amide bonds. The second-order valence-electron chi connectivity index (χ2n) is 8.38. The summed E-state index contributed by atoms with van der Waals surface area (Å²) in [7, 11) is 3.19. The van der Waals surface area contributed by atoms with Gasteiger partial charge in [-0.05, 0) is 36.8 Å². The first kappa shape index (κ1) is 20.9. The molecule has 0 spiro atoms. The van der Waals surface area contributed by atoms with Crippen LogP contribution in [0.3, 0.4) is 0 Å². The Hall–Kier alpha value is -2.83. The molecule has 0 radical (unpaired) electrons. The van der Waals surface area contributed by atoms with Gasteiger partial charge in [0.15, 0.2) is 5.75 Å². The molecule has 2 aromatic rings. The van der Waals surface area contributed by atoms with Gasteiger partial charge < -0.3 is 20.6 Å².